The molecule has 0 aromatic carbocycles. The summed E-state index contributed by atoms with van der Waals surface area (Å²) in [5.74, 6) is 0.953. The van der Waals surface area contributed by atoms with Crippen LogP contribution in [0, 0.1) is 5.92 Å². The van der Waals surface area contributed by atoms with E-state index in [0.717, 1.165) is 5.92 Å². The third-order valence-corrected chi connectivity index (χ3v) is 3.59. The summed E-state index contributed by atoms with van der Waals surface area (Å²) < 4.78 is 6.20. The molecular weight excluding hydrogens is 152 g/mol. The topological polar surface area (TPSA) is 9.23 Å². The van der Waals surface area contributed by atoms with Crippen molar-refractivity contribution >= 4 is 8.32 Å². The predicted octanol–water partition coefficient (Wildman–Crippen LogP) is 2.78. The van der Waals surface area contributed by atoms with Crippen molar-refractivity contribution in [1.29, 1.82) is 0 Å². The average Bonchev–Trinajstić information content (AvgIpc) is 2.49. The maximum atomic E-state index is 6.20. The Morgan fingerprint density at radius 1 is 1.18 bits per heavy atom. The molecule has 0 aliphatic heterocycles. The Kier molecular flexibility index (Phi) is 1.49. The molecule has 2 rings (SSSR count). The Hall–Kier alpha value is 0.177. The predicted molar refractivity (Wildman–Crippen MR) is 49.1 cm³/mol. The van der Waals surface area contributed by atoms with Gasteiger partial charge in [-0.15, -0.1) is 0 Å². The number of hydrogen-bond donors (Lipinski definition) is 0. The summed E-state index contributed by atoms with van der Waals surface area (Å²) in [5.41, 5.74) is 0.407. The minimum absolute atomic E-state index is 0.407. The first-order chi connectivity index (χ1) is 5.02. The Labute approximate surface area is 70.3 Å². The van der Waals surface area contributed by atoms with Gasteiger partial charge in [-0.25, -0.2) is 0 Å². The fourth-order valence-corrected chi connectivity index (χ4v) is 3.53. The van der Waals surface area contributed by atoms with Crippen molar-refractivity contribution in [2.45, 2.75) is 50.9 Å². The maximum Gasteiger partial charge on any atom is 0.184 e. The number of rotatable bonds is 3. The zero-order valence-corrected chi connectivity index (χ0v) is 8.81. The monoisotopic (exact) mass is 170 g/mol. The number of hydrogen-bond acceptors (Lipinski definition) is 1. The van der Waals surface area contributed by atoms with Crippen molar-refractivity contribution < 1.29 is 4.43 Å². The molecule has 0 heterocycles. The van der Waals surface area contributed by atoms with E-state index in [9.17, 15) is 0 Å². The Balaban J connectivity index is 1.94. The minimum Gasteiger partial charge on any atom is -0.412 e. The van der Waals surface area contributed by atoms with Gasteiger partial charge in [0.05, 0.1) is 5.60 Å². The molecule has 11 heavy (non-hydrogen) atoms. The Morgan fingerprint density at radius 3 is 2.00 bits per heavy atom. The van der Waals surface area contributed by atoms with Gasteiger partial charge in [-0.2, -0.15) is 0 Å². The molecule has 0 amide bonds. The Bertz CT molecular complexity index is 163. The van der Waals surface area contributed by atoms with Gasteiger partial charge >= 0.3 is 0 Å². The van der Waals surface area contributed by atoms with E-state index < -0.39 is 8.32 Å². The molecule has 0 unspecified atom stereocenters. The lowest BCUT2D eigenvalue weighted by molar-refractivity contribution is 0.146. The van der Waals surface area contributed by atoms with Crippen LogP contribution in [-0.2, 0) is 4.43 Å². The first-order valence-corrected chi connectivity index (χ1v) is 8.13. The first-order valence-electron chi connectivity index (χ1n) is 4.72. The lowest BCUT2D eigenvalue weighted by Gasteiger charge is -2.26. The molecule has 64 valence electrons. The summed E-state index contributed by atoms with van der Waals surface area (Å²) in [6.45, 7) is 6.90. The van der Waals surface area contributed by atoms with Gasteiger partial charge < -0.3 is 4.43 Å². The van der Waals surface area contributed by atoms with Crippen molar-refractivity contribution in [3.63, 3.8) is 0 Å². The minimum atomic E-state index is -1.25. The van der Waals surface area contributed by atoms with Gasteiger partial charge in [0.2, 0.25) is 0 Å². The van der Waals surface area contributed by atoms with Gasteiger partial charge in [0.25, 0.3) is 0 Å². The van der Waals surface area contributed by atoms with Crippen LogP contribution in [0.4, 0.5) is 0 Å². The molecular formula is C9H18OSi. The van der Waals surface area contributed by atoms with E-state index in [0.29, 0.717) is 5.60 Å². The van der Waals surface area contributed by atoms with Crippen molar-refractivity contribution in [2.75, 3.05) is 0 Å². The SMILES string of the molecule is C[Si](C)(C)OC1(C2CC2)CC1. The fourth-order valence-electron chi connectivity index (χ4n) is 1.94. The van der Waals surface area contributed by atoms with E-state index >= 15 is 0 Å². The van der Waals surface area contributed by atoms with E-state index in [1.54, 1.807) is 0 Å². The second-order valence-corrected chi connectivity index (χ2v) is 9.48. The van der Waals surface area contributed by atoms with Crippen molar-refractivity contribution in [2.24, 2.45) is 5.92 Å². The molecule has 0 bridgehead atoms. The normalized spacial score (nSPS) is 28.6. The molecule has 2 saturated carbocycles. The van der Waals surface area contributed by atoms with Gasteiger partial charge in [-0.1, -0.05) is 0 Å². The van der Waals surface area contributed by atoms with Crippen molar-refractivity contribution in [3.8, 4) is 0 Å². The molecule has 1 nitrogen and oxygen atoms in total. The van der Waals surface area contributed by atoms with E-state index in [2.05, 4.69) is 19.6 Å². The molecule has 2 aliphatic carbocycles. The summed E-state index contributed by atoms with van der Waals surface area (Å²) in [4.78, 5) is 0. The molecule has 2 aliphatic rings. The van der Waals surface area contributed by atoms with Gasteiger partial charge in [-0.05, 0) is 51.2 Å². The van der Waals surface area contributed by atoms with E-state index in [-0.39, 0.29) is 0 Å². The van der Waals surface area contributed by atoms with Crippen LogP contribution in [0.2, 0.25) is 19.6 Å². The Morgan fingerprint density at radius 2 is 1.73 bits per heavy atom. The second kappa shape index (κ2) is 2.11. The molecule has 2 heteroatoms. The van der Waals surface area contributed by atoms with Crippen molar-refractivity contribution in [1.82, 2.24) is 0 Å². The lowest BCUT2D eigenvalue weighted by atomic mass is 10.2. The quantitative estimate of drug-likeness (QED) is 0.592. The molecule has 0 atom stereocenters. The second-order valence-electron chi connectivity index (χ2n) is 5.05. The zero-order chi connectivity index (χ0) is 8.11. The highest BCUT2D eigenvalue weighted by Gasteiger charge is 2.56. The summed E-state index contributed by atoms with van der Waals surface area (Å²) in [6, 6.07) is 0. The van der Waals surface area contributed by atoms with Gasteiger partial charge in [0.1, 0.15) is 0 Å². The van der Waals surface area contributed by atoms with Gasteiger partial charge in [-0.3, -0.25) is 0 Å². The largest absolute Gasteiger partial charge is 0.412 e. The van der Waals surface area contributed by atoms with Crippen LogP contribution in [0.5, 0.6) is 0 Å². The van der Waals surface area contributed by atoms with Gasteiger partial charge in [0.15, 0.2) is 8.32 Å². The van der Waals surface area contributed by atoms with Crippen molar-refractivity contribution in [3.05, 3.63) is 0 Å². The summed E-state index contributed by atoms with van der Waals surface area (Å²) in [5, 5.41) is 0. The molecule has 0 N–H and O–H groups in total. The van der Waals surface area contributed by atoms with Crippen LogP contribution in [0.25, 0.3) is 0 Å². The average molecular weight is 170 g/mol. The molecule has 0 radical (unpaired) electrons. The van der Waals surface area contributed by atoms with Crippen LogP contribution in [0.3, 0.4) is 0 Å². The molecule has 2 fully saturated rings. The standard InChI is InChI=1S/C9H18OSi/c1-11(2,3)10-9(6-7-9)8-4-5-8/h8H,4-7H2,1-3H3. The summed E-state index contributed by atoms with van der Waals surface area (Å²) >= 11 is 0. The molecule has 0 aromatic rings. The summed E-state index contributed by atoms with van der Waals surface area (Å²) in [6.07, 6.45) is 5.57. The third kappa shape index (κ3) is 1.67. The van der Waals surface area contributed by atoms with E-state index in [1.165, 1.54) is 25.7 Å². The third-order valence-electron chi connectivity index (χ3n) is 2.57. The van der Waals surface area contributed by atoms with Crippen LogP contribution < -0.4 is 0 Å². The van der Waals surface area contributed by atoms with E-state index in [1.807, 2.05) is 0 Å². The smallest absolute Gasteiger partial charge is 0.184 e. The van der Waals surface area contributed by atoms with Crippen LogP contribution in [0.1, 0.15) is 25.7 Å². The van der Waals surface area contributed by atoms with Gasteiger partial charge in [0, 0.05) is 0 Å². The fraction of sp³-hybridized carbons (Fsp3) is 1.00. The zero-order valence-electron chi connectivity index (χ0n) is 7.81. The van der Waals surface area contributed by atoms with Crippen LogP contribution in [-0.4, -0.2) is 13.9 Å². The van der Waals surface area contributed by atoms with E-state index in [4.69, 9.17) is 4.43 Å². The highest BCUT2D eigenvalue weighted by molar-refractivity contribution is 6.69. The molecule has 0 aromatic heterocycles. The highest BCUT2D eigenvalue weighted by Crippen LogP contribution is 2.57. The lowest BCUT2D eigenvalue weighted by Crippen LogP contribution is -2.34. The summed E-state index contributed by atoms with van der Waals surface area (Å²) in [7, 11) is -1.25. The van der Waals surface area contributed by atoms with Crippen LogP contribution >= 0.6 is 0 Å². The van der Waals surface area contributed by atoms with Crippen LogP contribution in [0.15, 0.2) is 0 Å². The first kappa shape index (κ1) is 7.81. The molecule has 0 saturated heterocycles. The highest BCUT2D eigenvalue weighted by atomic mass is 28.4. The molecule has 0 spiro atoms. The maximum absolute atomic E-state index is 6.20.